The number of amides is 4. The SMILES string of the molecule is O=C1NCC(=O)N(Cc2ccc(Cl)cc2)C2(CC2)C1N1CC(=O)N(Cc2ccc(Cl)cc2)C2(CC2)C(Cl)C1=O. The standard InChI is InChI=1S/C28H27Cl3N4O4/c29-19-5-1-17(2-6-19)14-34-21(36)13-32-25(38)24(28(34)11-12-28)33-16-22(37)35(15-18-3-7-20(30)8-4-18)27(9-10-27)23(31)26(33)39/h1-8,23-24H,9-16H2,(H,32,38). The number of benzene rings is 2. The molecule has 0 bridgehead atoms. The fourth-order valence-corrected chi connectivity index (χ4v) is 6.79. The second kappa shape index (κ2) is 9.68. The molecule has 2 heterocycles. The van der Waals surface area contributed by atoms with Crippen molar-refractivity contribution < 1.29 is 19.2 Å². The largest absolute Gasteiger partial charge is 0.345 e. The van der Waals surface area contributed by atoms with Gasteiger partial charge in [0.2, 0.25) is 23.6 Å². The lowest BCUT2D eigenvalue weighted by molar-refractivity contribution is -0.146. The summed E-state index contributed by atoms with van der Waals surface area (Å²) in [5.74, 6) is -1.41. The van der Waals surface area contributed by atoms with Crippen LogP contribution in [0.2, 0.25) is 10.0 Å². The molecule has 2 aromatic carbocycles. The van der Waals surface area contributed by atoms with Crippen molar-refractivity contribution in [3.8, 4) is 0 Å². The van der Waals surface area contributed by atoms with Crippen LogP contribution in [0.1, 0.15) is 36.8 Å². The Labute approximate surface area is 241 Å². The molecule has 6 rings (SSSR count). The lowest BCUT2D eigenvalue weighted by Gasteiger charge is -2.39. The minimum Gasteiger partial charge on any atom is -0.345 e. The molecule has 2 saturated carbocycles. The fourth-order valence-electron chi connectivity index (χ4n) is 6.07. The van der Waals surface area contributed by atoms with Gasteiger partial charge in [-0.2, -0.15) is 0 Å². The Balaban J connectivity index is 1.33. The summed E-state index contributed by atoms with van der Waals surface area (Å²) in [6.45, 7) is 0.0652. The van der Waals surface area contributed by atoms with Crippen LogP contribution in [0.5, 0.6) is 0 Å². The third-order valence-electron chi connectivity index (χ3n) is 8.47. The summed E-state index contributed by atoms with van der Waals surface area (Å²) in [6.07, 6.45) is 2.27. The van der Waals surface area contributed by atoms with Crippen LogP contribution in [0.25, 0.3) is 0 Å². The van der Waals surface area contributed by atoms with E-state index in [0.29, 0.717) is 35.7 Å². The molecule has 2 aliphatic heterocycles. The van der Waals surface area contributed by atoms with Gasteiger partial charge in [0.25, 0.3) is 0 Å². The number of nitrogens with zero attached hydrogens (tertiary/aromatic N) is 3. The summed E-state index contributed by atoms with van der Waals surface area (Å²) in [5, 5.41) is 2.86. The molecule has 4 aliphatic rings. The van der Waals surface area contributed by atoms with Gasteiger partial charge in [-0.1, -0.05) is 47.5 Å². The van der Waals surface area contributed by atoms with E-state index < -0.39 is 34.3 Å². The van der Waals surface area contributed by atoms with E-state index in [1.165, 1.54) is 4.90 Å². The topological polar surface area (TPSA) is 90.0 Å². The van der Waals surface area contributed by atoms with E-state index in [0.717, 1.165) is 11.1 Å². The van der Waals surface area contributed by atoms with Crippen LogP contribution in [-0.4, -0.2) is 73.9 Å². The molecule has 4 amide bonds. The Morgan fingerprint density at radius 1 is 0.744 bits per heavy atom. The van der Waals surface area contributed by atoms with Crippen molar-refractivity contribution in [1.82, 2.24) is 20.0 Å². The molecular formula is C28H27Cl3N4O4. The molecule has 39 heavy (non-hydrogen) atoms. The summed E-state index contributed by atoms with van der Waals surface area (Å²) in [4.78, 5) is 59.2. The zero-order chi connectivity index (χ0) is 27.5. The van der Waals surface area contributed by atoms with Gasteiger partial charge in [-0.15, -0.1) is 11.6 Å². The summed E-state index contributed by atoms with van der Waals surface area (Å²) in [6, 6.07) is 13.3. The highest BCUT2D eigenvalue weighted by atomic mass is 35.5. The van der Waals surface area contributed by atoms with Crippen LogP contribution in [0.15, 0.2) is 48.5 Å². The predicted molar refractivity (Wildman–Crippen MR) is 146 cm³/mol. The molecule has 2 aromatic rings. The summed E-state index contributed by atoms with van der Waals surface area (Å²) >= 11 is 19.0. The van der Waals surface area contributed by atoms with E-state index in [1.54, 1.807) is 34.1 Å². The van der Waals surface area contributed by atoms with Crippen LogP contribution in [0, 0.1) is 0 Å². The van der Waals surface area contributed by atoms with Crippen LogP contribution in [0.3, 0.4) is 0 Å². The first-order chi connectivity index (χ1) is 18.6. The van der Waals surface area contributed by atoms with E-state index in [1.807, 2.05) is 24.3 Å². The van der Waals surface area contributed by atoms with Crippen molar-refractivity contribution in [3.05, 3.63) is 69.7 Å². The van der Waals surface area contributed by atoms with Gasteiger partial charge >= 0.3 is 0 Å². The van der Waals surface area contributed by atoms with E-state index in [4.69, 9.17) is 34.8 Å². The molecule has 204 valence electrons. The van der Waals surface area contributed by atoms with Gasteiger partial charge in [-0.3, -0.25) is 19.2 Å². The number of carbonyl (C=O) groups is 4. The molecule has 2 spiro atoms. The van der Waals surface area contributed by atoms with E-state index in [-0.39, 0.29) is 38.0 Å². The normalized spacial score (nSPS) is 25.6. The number of rotatable bonds is 5. The van der Waals surface area contributed by atoms with Crippen LogP contribution in [0.4, 0.5) is 0 Å². The Hall–Kier alpha value is -2.81. The zero-order valence-electron chi connectivity index (χ0n) is 21.0. The second-order valence-electron chi connectivity index (χ2n) is 10.9. The van der Waals surface area contributed by atoms with Gasteiger partial charge in [-0.25, -0.2) is 0 Å². The number of hydrogen-bond donors (Lipinski definition) is 1. The minimum absolute atomic E-state index is 0.183. The molecule has 2 atom stereocenters. The number of halogens is 3. The van der Waals surface area contributed by atoms with E-state index in [2.05, 4.69) is 5.32 Å². The molecule has 2 saturated heterocycles. The highest BCUT2D eigenvalue weighted by Crippen LogP contribution is 2.52. The summed E-state index contributed by atoms with van der Waals surface area (Å²) in [5.41, 5.74) is 0.00771. The monoisotopic (exact) mass is 588 g/mol. The lowest BCUT2D eigenvalue weighted by atomic mass is 9.99. The van der Waals surface area contributed by atoms with Crippen molar-refractivity contribution in [2.24, 2.45) is 0 Å². The van der Waals surface area contributed by atoms with Gasteiger partial charge in [0.15, 0.2) is 0 Å². The molecular weight excluding hydrogens is 563 g/mol. The number of alkyl halides is 1. The average Bonchev–Trinajstić information content (AvgIpc) is 3.85. The third-order valence-corrected chi connectivity index (χ3v) is 9.57. The van der Waals surface area contributed by atoms with Crippen LogP contribution >= 0.6 is 34.8 Å². The van der Waals surface area contributed by atoms with Gasteiger partial charge < -0.3 is 20.0 Å². The van der Waals surface area contributed by atoms with Gasteiger partial charge in [0.05, 0.1) is 17.6 Å². The van der Waals surface area contributed by atoms with Gasteiger partial charge in [0.1, 0.15) is 18.0 Å². The Morgan fingerprint density at radius 3 is 1.72 bits per heavy atom. The highest BCUT2D eigenvalue weighted by molar-refractivity contribution is 6.33. The van der Waals surface area contributed by atoms with Gasteiger partial charge in [-0.05, 0) is 61.1 Å². The average molecular weight is 590 g/mol. The number of nitrogens with one attached hydrogen (secondary N) is 1. The zero-order valence-corrected chi connectivity index (χ0v) is 23.3. The maximum Gasteiger partial charge on any atom is 0.245 e. The first-order valence-electron chi connectivity index (χ1n) is 13.0. The highest BCUT2D eigenvalue weighted by Gasteiger charge is 2.66. The van der Waals surface area contributed by atoms with E-state index in [9.17, 15) is 19.2 Å². The number of carbonyl (C=O) groups excluding carboxylic acids is 4. The molecule has 0 radical (unpaired) electrons. The number of hydrogen-bond acceptors (Lipinski definition) is 4. The van der Waals surface area contributed by atoms with Crippen molar-refractivity contribution in [2.75, 3.05) is 13.1 Å². The molecule has 2 aliphatic carbocycles. The van der Waals surface area contributed by atoms with Crippen molar-refractivity contribution >= 4 is 58.4 Å². The Kier molecular flexibility index (Phi) is 6.56. The Morgan fingerprint density at radius 2 is 1.23 bits per heavy atom. The summed E-state index contributed by atoms with van der Waals surface area (Å²) in [7, 11) is 0. The molecule has 8 nitrogen and oxygen atoms in total. The molecule has 1 N–H and O–H groups in total. The molecule has 0 aromatic heterocycles. The molecule has 4 fully saturated rings. The van der Waals surface area contributed by atoms with E-state index >= 15 is 0 Å². The maximum absolute atomic E-state index is 13.9. The quantitative estimate of drug-likeness (QED) is 0.542. The van der Waals surface area contributed by atoms with Crippen molar-refractivity contribution in [2.45, 2.75) is 61.3 Å². The lowest BCUT2D eigenvalue weighted by Crippen LogP contribution is -2.61. The molecule has 2 unspecified atom stereocenters. The smallest absolute Gasteiger partial charge is 0.245 e. The van der Waals surface area contributed by atoms with Crippen LogP contribution < -0.4 is 5.32 Å². The first-order valence-corrected chi connectivity index (χ1v) is 14.2. The van der Waals surface area contributed by atoms with Gasteiger partial charge in [0, 0.05) is 23.1 Å². The Bertz CT molecular complexity index is 1340. The molecule has 11 heteroatoms. The minimum atomic E-state index is -1.03. The second-order valence-corrected chi connectivity index (χ2v) is 12.2. The van der Waals surface area contributed by atoms with Crippen LogP contribution in [-0.2, 0) is 32.3 Å². The summed E-state index contributed by atoms with van der Waals surface area (Å²) < 4.78 is 0. The van der Waals surface area contributed by atoms with Crippen molar-refractivity contribution in [3.63, 3.8) is 0 Å². The predicted octanol–water partition coefficient (Wildman–Crippen LogP) is 3.36. The maximum atomic E-state index is 13.9. The third kappa shape index (κ3) is 4.56. The van der Waals surface area contributed by atoms with Crippen molar-refractivity contribution in [1.29, 1.82) is 0 Å². The fraction of sp³-hybridized carbons (Fsp3) is 0.429. The first kappa shape index (κ1) is 26.4.